The zero-order chi connectivity index (χ0) is 15.6. The Hall–Kier alpha value is -2.64. The zero-order valence-electron chi connectivity index (χ0n) is 11.8. The second-order valence-corrected chi connectivity index (χ2v) is 6.58. The smallest absolute Gasteiger partial charge is 0.286 e. The number of hydrogen-bond donors (Lipinski definition) is 1. The van der Waals surface area contributed by atoms with Gasteiger partial charge in [0, 0.05) is 11.6 Å². The Morgan fingerprint density at radius 3 is 2.70 bits per heavy atom. The summed E-state index contributed by atoms with van der Waals surface area (Å²) in [7, 11) is 0. The number of anilines is 1. The van der Waals surface area contributed by atoms with E-state index in [-0.39, 0.29) is 5.91 Å². The van der Waals surface area contributed by atoms with E-state index in [2.05, 4.69) is 20.3 Å². The van der Waals surface area contributed by atoms with E-state index in [0.29, 0.717) is 10.1 Å². The molecule has 4 rings (SSSR count). The molecular formula is C16H10N4OS2. The molecule has 1 N–H and O–H groups in total. The fourth-order valence-electron chi connectivity index (χ4n) is 2.08. The standard InChI is InChI=1S/C16H10N4OS2/c21-14(15-18-11-6-1-2-7-13(11)23-15)20-16-19-12(9-22-16)10-5-3-4-8-17-10/h1-9H,(H,19,20,21). The number of thiazole rings is 2. The third-order valence-corrected chi connectivity index (χ3v) is 4.93. The van der Waals surface area contributed by atoms with E-state index in [0.717, 1.165) is 21.6 Å². The second kappa shape index (κ2) is 5.86. The van der Waals surface area contributed by atoms with Gasteiger partial charge >= 0.3 is 0 Å². The maximum absolute atomic E-state index is 12.3. The molecule has 4 aromatic rings. The number of hydrogen-bond acceptors (Lipinski definition) is 6. The molecule has 0 aliphatic rings. The molecule has 0 saturated heterocycles. The van der Waals surface area contributed by atoms with Gasteiger partial charge in [-0.25, -0.2) is 9.97 Å². The van der Waals surface area contributed by atoms with E-state index < -0.39 is 0 Å². The van der Waals surface area contributed by atoms with Crippen molar-refractivity contribution >= 4 is 43.9 Å². The van der Waals surface area contributed by atoms with Crippen molar-refractivity contribution < 1.29 is 4.79 Å². The highest BCUT2D eigenvalue weighted by Gasteiger charge is 2.14. The summed E-state index contributed by atoms with van der Waals surface area (Å²) in [4.78, 5) is 25.3. The van der Waals surface area contributed by atoms with Gasteiger partial charge in [0.2, 0.25) is 0 Å². The molecule has 7 heteroatoms. The van der Waals surface area contributed by atoms with Crippen molar-refractivity contribution in [2.45, 2.75) is 0 Å². The minimum absolute atomic E-state index is 0.242. The van der Waals surface area contributed by atoms with Crippen LogP contribution in [0.5, 0.6) is 0 Å². The van der Waals surface area contributed by atoms with Crippen molar-refractivity contribution in [3.63, 3.8) is 0 Å². The molecule has 0 fully saturated rings. The van der Waals surface area contributed by atoms with Gasteiger partial charge in [0.15, 0.2) is 10.1 Å². The highest BCUT2D eigenvalue weighted by Crippen LogP contribution is 2.25. The number of nitrogens with zero attached hydrogens (tertiary/aromatic N) is 3. The van der Waals surface area contributed by atoms with Crippen LogP contribution in [-0.4, -0.2) is 20.9 Å². The van der Waals surface area contributed by atoms with Crippen molar-refractivity contribution in [2.24, 2.45) is 0 Å². The third-order valence-electron chi connectivity index (χ3n) is 3.14. The molecule has 0 spiro atoms. The van der Waals surface area contributed by atoms with Crippen LogP contribution in [-0.2, 0) is 0 Å². The number of para-hydroxylation sites is 1. The van der Waals surface area contributed by atoms with Crippen LogP contribution in [0.1, 0.15) is 9.80 Å². The average Bonchev–Trinajstić information content (AvgIpc) is 3.22. The van der Waals surface area contributed by atoms with Crippen LogP contribution in [0.2, 0.25) is 0 Å². The van der Waals surface area contributed by atoms with Gasteiger partial charge in [0.1, 0.15) is 5.69 Å². The summed E-state index contributed by atoms with van der Waals surface area (Å²) in [6.45, 7) is 0. The van der Waals surface area contributed by atoms with Gasteiger partial charge in [-0.1, -0.05) is 18.2 Å². The average molecular weight is 338 g/mol. The third kappa shape index (κ3) is 2.84. The predicted octanol–water partition coefficient (Wildman–Crippen LogP) is 4.07. The molecular weight excluding hydrogens is 328 g/mol. The Labute approximate surface area is 139 Å². The van der Waals surface area contributed by atoms with Crippen molar-refractivity contribution in [3.05, 3.63) is 59.0 Å². The van der Waals surface area contributed by atoms with Crippen molar-refractivity contribution in [1.82, 2.24) is 15.0 Å². The molecule has 0 unspecified atom stereocenters. The van der Waals surface area contributed by atoms with Gasteiger partial charge in [-0.2, -0.15) is 0 Å². The molecule has 0 atom stereocenters. The Kier molecular flexibility index (Phi) is 3.57. The molecule has 3 aromatic heterocycles. The van der Waals surface area contributed by atoms with Crippen LogP contribution < -0.4 is 5.32 Å². The van der Waals surface area contributed by atoms with Crippen molar-refractivity contribution in [3.8, 4) is 11.4 Å². The number of benzene rings is 1. The monoisotopic (exact) mass is 338 g/mol. The number of rotatable bonds is 3. The van der Waals surface area contributed by atoms with Crippen LogP contribution in [0.15, 0.2) is 54.0 Å². The summed E-state index contributed by atoms with van der Waals surface area (Å²) in [6, 6.07) is 13.3. The highest BCUT2D eigenvalue weighted by molar-refractivity contribution is 7.20. The lowest BCUT2D eigenvalue weighted by Gasteiger charge is -1.97. The number of carbonyl (C=O) groups is 1. The minimum Gasteiger partial charge on any atom is -0.296 e. The number of fused-ring (bicyclic) bond motifs is 1. The first-order chi connectivity index (χ1) is 11.3. The summed E-state index contributed by atoms with van der Waals surface area (Å²) in [5.41, 5.74) is 2.36. The molecule has 1 amide bonds. The van der Waals surface area contributed by atoms with Gasteiger partial charge in [0.05, 0.1) is 15.9 Å². The number of amides is 1. The Bertz CT molecular complexity index is 945. The van der Waals surface area contributed by atoms with E-state index in [4.69, 9.17) is 0 Å². The number of pyridine rings is 1. The Balaban J connectivity index is 1.56. The van der Waals surface area contributed by atoms with E-state index in [1.807, 2.05) is 47.8 Å². The van der Waals surface area contributed by atoms with Crippen molar-refractivity contribution in [2.75, 3.05) is 5.32 Å². The molecule has 0 aliphatic carbocycles. The Morgan fingerprint density at radius 2 is 1.87 bits per heavy atom. The highest BCUT2D eigenvalue weighted by atomic mass is 32.1. The molecule has 23 heavy (non-hydrogen) atoms. The number of aromatic nitrogens is 3. The SMILES string of the molecule is O=C(Nc1nc(-c2ccccn2)cs1)c1nc2ccccc2s1. The molecule has 112 valence electrons. The second-order valence-electron chi connectivity index (χ2n) is 4.69. The van der Waals surface area contributed by atoms with Crippen LogP contribution in [0.3, 0.4) is 0 Å². The van der Waals surface area contributed by atoms with Crippen LogP contribution in [0.4, 0.5) is 5.13 Å². The molecule has 1 aromatic carbocycles. The zero-order valence-corrected chi connectivity index (χ0v) is 13.4. The summed E-state index contributed by atoms with van der Waals surface area (Å²) < 4.78 is 0.992. The van der Waals surface area contributed by atoms with E-state index in [9.17, 15) is 4.79 Å². The number of carbonyl (C=O) groups excluding carboxylic acids is 1. The van der Waals surface area contributed by atoms with Gasteiger partial charge in [0.25, 0.3) is 5.91 Å². The summed E-state index contributed by atoms with van der Waals surface area (Å²) in [5, 5.41) is 5.64. The maximum atomic E-state index is 12.3. The predicted molar refractivity (Wildman–Crippen MR) is 92.9 cm³/mol. The first-order valence-electron chi connectivity index (χ1n) is 6.83. The van der Waals surface area contributed by atoms with E-state index >= 15 is 0 Å². The van der Waals surface area contributed by atoms with E-state index in [1.54, 1.807) is 6.20 Å². The number of nitrogens with one attached hydrogen (secondary N) is 1. The first-order valence-corrected chi connectivity index (χ1v) is 8.53. The molecule has 0 saturated carbocycles. The largest absolute Gasteiger partial charge is 0.296 e. The first kappa shape index (κ1) is 14.0. The lowest BCUT2D eigenvalue weighted by Crippen LogP contribution is -2.11. The van der Waals surface area contributed by atoms with Crippen LogP contribution in [0.25, 0.3) is 21.6 Å². The van der Waals surface area contributed by atoms with Gasteiger partial charge < -0.3 is 0 Å². The Morgan fingerprint density at radius 1 is 1.00 bits per heavy atom. The fourth-order valence-corrected chi connectivity index (χ4v) is 3.64. The molecule has 0 radical (unpaired) electrons. The maximum Gasteiger partial charge on any atom is 0.286 e. The summed E-state index contributed by atoms with van der Waals surface area (Å²) in [5.74, 6) is -0.242. The van der Waals surface area contributed by atoms with Gasteiger partial charge in [-0.15, -0.1) is 22.7 Å². The van der Waals surface area contributed by atoms with Crippen LogP contribution >= 0.6 is 22.7 Å². The van der Waals surface area contributed by atoms with Crippen molar-refractivity contribution in [1.29, 1.82) is 0 Å². The molecule has 0 bridgehead atoms. The normalized spacial score (nSPS) is 10.8. The molecule has 3 heterocycles. The van der Waals surface area contributed by atoms with Gasteiger partial charge in [-0.05, 0) is 24.3 Å². The summed E-state index contributed by atoms with van der Waals surface area (Å²) in [6.07, 6.45) is 1.72. The molecule has 0 aliphatic heterocycles. The van der Waals surface area contributed by atoms with Crippen LogP contribution in [0, 0.1) is 0 Å². The topological polar surface area (TPSA) is 67.8 Å². The summed E-state index contributed by atoms with van der Waals surface area (Å²) >= 11 is 2.74. The molecule has 5 nitrogen and oxygen atoms in total. The quantitative estimate of drug-likeness (QED) is 0.611. The minimum atomic E-state index is -0.242. The lowest BCUT2D eigenvalue weighted by molar-refractivity contribution is 0.102. The van der Waals surface area contributed by atoms with Gasteiger partial charge in [-0.3, -0.25) is 15.1 Å². The fraction of sp³-hybridized carbons (Fsp3) is 0. The lowest BCUT2D eigenvalue weighted by atomic mass is 10.3. The van der Waals surface area contributed by atoms with E-state index in [1.165, 1.54) is 22.7 Å².